The van der Waals surface area contributed by atoms with E-state index in [0.29, 0.717) is 29.9 Å². The second kappa shape index (κ2) is 10.1. The number of nitrogens with one attached hydrogen (secondary N) is 1. The van der Waals surface area contributed by atoms with Crippen LogP contribution in [0, 0.1) is 18.6 Å². The molecular weight excluding hydrogens is 428 g/mol. The number of nitrogens with two attached hydrogens (primary N) is 1. The summed E-state index contributed by atoms with van der Waals surface area (Å²) in [7, 11) is 0. The van der Waals surface area contributed by atoms with Crippen LogP contribution in [0.2, 0.25) is 0 Å². The Bertz CT molecular complexity index is 1080. The van der Waals surface area contributed by atoms with E-state index in [1.807, 2.05) is 0 Å². The van der Waals surface area contributed by atoms with Gasteiger partial charge < -0.3 is 21.1 Å². The number of benzene rings is 1. The molecule has 0 spiro atoms. The van der Waals surface area contributed by atoms with Crippen LogP contribution in [0.1, 0.15) is 37.8 Å². The highest BCUT2D eigenvalue weighted by atomic mass is 19.1. The molecule has 2 aromatic rings. The number of aliphatic hydroxyl groups is 1. The van der Waals surface area contributed by atoms with Crippen LogP contribution in [-0.4, -0.2) is 40.4 Å². The van der Waals surface area contributed by atoms with Gasteiger partial charge in [-0.05, 0) is 31.4 Å². The monoisotopic (exact) mass is 457 g/mol. The first-order valence-corrected chi connectivity index (χ1v) is 10.5. The quantitative estimate of drug-likeness (QED) is 0.597. The smallest absolute Gasteiger partial charge is 0.261 e. The highest BCUT2D eigenvalue weighted by Crippen LogP contribution is 2.29. The lowest BCUT2D eigenvalue weighted by molar-refractivity contribution is -0.114. The fraction of sp³-hybridized carbons (Fsp3) is 0.375. The van der Waals surface area contributed by atoms with E-state index in [1.165, 1.54) is 17.0 Å². The Morgan fingerprint density at radius 3 is 2.76 bits per heavy atom. The fourth-order valence-corrected chi connectivity index (χ4v) is 3.88. The van der Waals surface area contributed by atoms with Gasteiger partial charge in [-0.15, -0.1) is 0 Å². The number of aliphatic hydroxyl groups excluding tert-OH is 1. The summed E-state index contributed by atoms with van der Waals surface area (Å²) >= 11 is 0. The molecule has 2 fully saturated rings. The summed E-state index contributed by atoms with van der Waals surface area (Å²) in [5.41, 5.74) is 7.64. The Hall–Kier alpha value is -3.33. The third-order valence-corrected chi connectivity index (χ3v) is 6.00. The summed E-state index contributed by atoms with van der Waals surface area (Å²) in [6.07, 6.45) is 3.57. The number of hydrogen-bond donors (Lipinski definition) is 3. The molecule has 4 rings (SSSR count). The second-order valence-corrected chi connectivity index (χ2v) is 8.00. The molecule has 2 heterocycles. The molecule has 1 saturated heterocycles. The van der Waals surface area contributed by atoms with Crippen LogP contribution in [0.25, 0.3) is 0 Å². The van der Waals surface area contributed by atoms with E-state index >= 15 is 0 Å². The minimum Gasteiger partial charge on any atom is -0.404 e. The molecule has 9 heteroatoms. The third kappa shape index (κ3) is 4.88. The maximum Gasteiger partial charge on any atom is 0.261 e. The first-order chi connectivity index (χ1) is 15.4. The van der Waals surface area contributed by atoms with Crippen molar-refractivity contribution < 1.29 is 18.7 Å². The van der Waals surface area contributed by atoms with Gasteiger partial charge in [-0.1, -0.05) is 19.6 Å². The number of aromatic nitrogens is 1. The largest absolute Gasteiger partial charge is 0.404 e. The molecule has 1 aliphatic heterocycles. The van der Waals surface area contributed by atoms with Gasteiger partial charge in [0.1, 0.15) is 11.6 Å². The van der Waals surface area contributed by atoms with Crippen LogP contribution in [0.15, 0.2) is 47.2 Å². The van der Waals surface area contributed by atoms with E-state index < -0.39 is 17.8 Å². The molecule has 2 unspecified atom stereocenters. The number of nitrogens with zero attached hydrogens (tertiary/aromatic N) is 3. The maximum atomic E-state index is 14.6. The molecule has 0 radical (unpaired) electrons. The van der Waals surface area contributed by atoms with Crippen LogP contribution in [0.4, 0.5) is 20.3 Å². The van der Waals surface area contributed by atoms with Crippen LogP contribution in [0.3, 0.4) is 0 Å². The van der Waals surface area contributed by atoms with Crippen molar-refractivity contribution in [3.8, 4) is 0 Å². The number of aliphatic imine (C=N–C) groups is 1. The van der Waals surface area contributed by atoms with Crippen molar-refractivity contribution in [1.82, 2.24) is 4.98 Å². The number of carbonyl (C=O) groups is 1. The lowest BCUT2D eigenvalue weighted by Gasteiger charge is -2.34. The van der Waals surface area contributed by atoms with Crippen LogP contribution < -0.4 is 16.0 Å². The lowest BCUT2D eigenvalue weighted by atomic mass is 9.89. The Morgan fingerprint density at radius 2 is 2.12 bits per heavy atom. The molecule has 2 aliphatic rings. The van der Waals surface area contributed by atoms with Crippen molar-refractivity contribution in [2.45, 2.75) is 52.3 Å². The zero-order chi connectivity index (χ0) is 22.8. The number of piperidine rings is 1. The van der Waals surface area contributed by atoms with Crippen molar-refractivity contribution in [2.75, 3.05) is 16.8 Å². The third-order valence-electron chi connectivity index (χ3n) is 6.00. The molecule has 1 amide bonds. The number of amides is 1. The summed E-state index contributed by atoms with van der Waals surface area (Å²) in [6, 6.07) is 6.12. The molecule has 2 atom stereocenters. The average Bonchev–Trinajstić information content (AvgIpc) is 2.77. The Balaban J connectivity index is 0.00000306. The summed E-state index contributed by atoms with van der Waals surface area (Å²) in [6.45, 7) is 2.07. The maximum absolute atomic E-state index is 14.6. The van der Waals surface area contributed by atoms with Crippen molar-refractivity contribution in [1.29, 1.82) is 0 Å². The van der Waals surface area contributed by atoms with E-state index in [2.05, 4.69) is 15.3 Å². The number of anilines is 2. The number of aryl methyl sites for hydroxylation is 1. The van der Waals surface area contributed by atoms with E-state index in [-0.39, 0.29) is 43.6 Å². The zero-order valence-corrected chi connectivity index (χ0v) is 17.7. The van der Waals surface area contributed by atoms with Crippen molar-refractivity contribution in [3.63, 3.8) is 0 Å². The molecule has 1 saturated carbocycles. The molecule has 1 aromatic carbocycles. The molecular formula is C24H29F2N5O2. The highest BCUT2D eigenvalue weighted by Gasteiger charge is 2.32. The van der Waals surface area contributed by atoms with Gasteiger partial charge in [0.25, 0.3) is 5.91 Å². The number of pyridine rings is 1. The Labute approximate surface area is 192 Å². The summed E-state index contributed by atoms with van der Waals surface area (Å²) < 4.78 is 28.7. The minimum absolute atomic E-state index is 0. The topological polar surface area (TPSA) is 104 Å². The second-order valence-electron chi connectivity index (χ2n) is 8.00. The molecule has 1 aliphatic carbocycles. The predicted molar refractivity (Wildman–Crippen MR) is 125 cm³/mol. The van der Waals surface area contributed by atoms with Gasteiger partial charge in [-0.3, -0.25) is 9.79 Å². The zero-order valence-electron chi connectivity index (χ0n) is 17.7. The van der Waals surface area contributed by atoms with Crippen molar-refractivity contribution >= 4 is 23.1 Å². The first kappa shape index (κ1) is 24.3. The number of carbonyl (C=O) groups excluding carboxylic acids is 1. The van der Waals surface area contributed by atoms with Crippen molar-refractivity contribution in [2.24, 2.45) is 10.7 Å². The molecule has 176 valence electrons. The van der Waals surface area contributed by atoms with Gasteiger partial charge in [0.05, 0.1) is 41.9 Å². The summed E-state index contributed by atoms with van der Waals surface area (Å²) in [4.78, 5) is 22.9. The van der Waals surface area contributed by atoms with Crippen LogP contribution in [-0.2, 0) is 11.3 Å². The molecule has 33 heavy (non-hydrogen) atoms. The van der Waals surface area contributed by atoms with E-state index in [1.54, 1.807) is 19.1 Å². The predicted octanol–water partition coefficient (Wildman–Crippen LogP) is 3.46. The highest BCUT2D eigenvalue weighted by molar-refractivity contribution is 6.28. The number of halogens is 2. The molecule has 1 aromatic heterocycles. The molecule has 4 N–H and O–H groups in total. The lowest BCUT2D eigenvalue weighted by Crippen LogP contribution is -2.43. The average molecular weight is 458 g/mol. The van der Waals surface area contributed by atoms with E-state index in [4.69, 9.17) is 5.73 Å². The van der Waals surface area contributed by atoms with Gasteiger partial charge in [-0.25, -0.2) is 13.8 Å². The molecule has 7 nitrogen and oxygen atoms in total. The van der Waals surface area contributed by atoms with Crippen LogP contribution >= 0.6 is 0 Å². The normalized spacial score (nSPS) is 22.8. The van der Waals surface area contributed by atoms with E-state index in [9.17, 15) is 18.7 Å². The number of hydrogen-bond acceptors (Lipinski definition) is 6. The van der Waals surface area contributed by atoms with Gasteiger partial charge in [0.15, 0.2) is 5.82 Å². The van der Waals surface area contributed by atoms with Gasteiger partial charge in [0.2, 0.25) is 0 Å². The standard InChI is InChI=1S/C23H25F2N5O2.CH4/c1-13-3-2-4-16(24)15(13)11-27-18-7-8-30(23(32)14(18)10-26)20-9-22(28-12-17(20)25)29-19-5-6-21(19)31;/h2-4,9-10,12,19,21,31H,5-8,11,26H2,1H3,(H,28,29);1H4/b14-10+,27-18?;. The first-order valence-electron chi connectivity index (χ1n) is 10.5. The van der Waals surface area contributed by atoms with E-state index in [0.717, 1.165) is 24.4 Å². The summed E-state index contributed by atoms with van der Waals surface area (Å²) in [5, 5.41) is 12.8. The van der Waals surface area contributed by atoms with Crippen molar-refractivity contribution in [3.05, 3.63) is 65.0 Å². The number of rotatable bonds is 5. The van der Waals surface area contributed by atoms with Gasteiger partial charge >= 0.3 is 0 Å². The minimum atomic E-state index is -0.642. The Kier molecular flexibility index (Phi) is 7.43. The van der Waals surface area contributed by atoms with Crippen LogP contribution in [0.5, 0.6) is 0 Å². The fourth-order valence-electron chi connectivity index (χ4n) is 3.88. The molecule has 0 bridgehead atoms. The SMILES string of the molecule is C.Cc1cccc(F)c1CN=C1CCN(c2cc(NC3CCC3O)ncc2F)C(=O)/C1=C/N. The van der Waals surface area contributed by atoms with Gasteiger partial charge in [-0.2, -0.15) is 0 Å². The van der Waals surface area contributed by atoms with Gasteiger partial charge in [0, 0.05) is 30.8 Å². The Morgan fingerprint density at radius 1 is 1.33 bits per heavy atom. The summed E-state index contributed by atoms with van der Waals surface area (Å²) in [5.74, 6) is -1.10.